The van der Waals surface area contributed by atoms with Crippen molar-refractivity contribution in [2.45, 2.75) is 26.2 Å². The van der Waals surface area contributed by atoms with Gasteiger partial charge in [0.25, 0.3) is 0 Å². The highest BCUT2D eigenvalue weighted by molar-refractivity contribution is 6.03. The molecular weight excluding hydrogens is 445 g/mol. The first kappa shape index (κ1) is 23.0. The van der Waals surface area contributed by atoms with E-state index in [1.165, 1.54) is 29.9 Å². The average molecular weight is 474 g/mol. The molecule has 0 aliphatic carbocycles. The van der Waals surface area contributed by atoms with Crippen molar-refractivity contribution in [3.8, 4) is 11.3 Å². The van der Waals surface area contributed by atoms with Gasteiger partial charge in [-0.25, -0.2) is 4.39 Å². The van der Waals surface area contributed by atoms with Crippen molar-refractivity contribution in [1.29, 1.82) is 0 Å². The fourth-order valence-corrected chi connectivity index (χ4v) is 4.61. The van der Waals surface area contributed by atoms with Gasteiger partial charge in [0.1, 0.15) is 5.82 Å². The monoisotopic (exact) mass is 473 g/mol. The molecule has 3 heterocycles. The Morgan fingerprint density at radius 3 is 2.34 bits per heavy atom. The molecule has 1 unspecified atom stereocenters. The van der Waals surface area contributed by atoms with E-state index < -0.39 is 5.92 Å². The summed E-state index contributed by atoms with van der Waals surface area (Å²) in [4.78, 5) is 29.0. The van der Waals surface area contributed by atoms with E-state index in [1.54, 1.807) is 12.1 Å². The maximum absolute atomic E-state index is 13.2. The van der Waals surface area contributed by atoms with E-state index in [0.29, 0.717) is 11.4 Å². The van der Waals surface area contributed by atoms with Gasteiger partial charge in [0.15, 0.2) is 5.82 Å². The van der Waals surface area contributed by atoms with Gasteiger partial charge in [-0.2, -0.15) is 0 Å². The first-order chi connectivity index (χ1) is 17.0. The van der Waals surface area contributed by atoms with Crippen LogP contribution in [0.25, 0.3) is 11.3 Å². The lowest BCUT2D eigenvalue weighted by Gasteiger charge is -2.30. The maximum Gasteiger partial charge on any atom is 0.229 e. The molecule has 2 aliphatic rings. The van der Waals surface area contributed by atoms with Crippen molar-refractivity contribution in [3.05, 3.63) is 66.5 Å². The summed E-state index contributed by atoms with van der Waals surface area (Å²) in [5.41, 5.74) is 2.93. The molecule has 3 aromatic rings. The molecule has 1 aromatic heterocycles. The van der Waals surface area contributed by atoms with Gasteiger partial charge in [0.05, 0.1) is 11.6 Å². The fourth-order valence-electron chi connectivity index (χ4n) is 4.61. The summed E-state index contributed by atoms with van der Waals surface area (Å²) in [6.45, 7) is 4.58. The van der Waals surface area contributed by atoms with Crippen LogP contribution in [0, 0.1) is 17.7 Å². The lowest BCUT2D eigenvalue weighted by molar-refractivity contribution is -0.122. The molecule has 2 fully saturated rings. The summed E-state index contributed by atoms with van der Waals surface area (Å²) in [6, 6.07) is 17.1. The Morgan fingerprint density at radius 2 is 1.69 bits per heavy atom. The maximum atomic E-state index is 13.2. The third-order valence-electron chi connectivity index (χ3n) is 6.84. The van der Waals surface area contributed by atoms with E-state index >= 15 is 0 Å². The Morgan fingerprint density at radius 1 is 0.971 bits per heavy atom. The number of carbonyl (C=O) groups excluding carboxylic acids is 2. The second-order valence-corrected chi connectivity index (χ2v) is 9.39. The number of aromatic nitrogens is 2. The second kappa shape index (κ2) is 9.82. The average Bonchev–Trinajstić information content (AvgIpc) is 3.27. The SMILES string of the molecule is CC1CCN(c2ccc(-c3ccc(NC(=O)C4CC(=O)N(c5ccc(F)cc5)C4)cc3)nn2)CC1. The Bertz CT molecular complexity index is 1190. The van der Waals surface area contributed by atoms with Crippen LogP contribution in [0.3, 0.4) is 0 Å². The van der Waals surface area contributed by atoms with Crippen molar-refractivity contribution in [2.75, 3.05) is 34.8 Å². The highest BCUT2D eigenvalue weighted by atomic mass is 19.1. The van der Waals surface area contributed by atoms with E-state index in [0.717, 1.165) is 36.1 Å². The Hall–Kier alpha value is -3.81. The third kappa shape index (κ3) is 5.16. The van der Waals surface area contributed by atoms with Gasteiger partial charge in [-0.05, 0) is 67.3 Å². The molecule has 0 bridgehead atoms. The number of rotatable bonds is 5. The molecule has 35 heavy (non-hydrogen) atoms. The molecule has 180 valence electrons. The molecule has 1 N–H and O–H groups in total. The predicted octanol–water partition coefficient (Wildman–Crippen LogP) is 4.51. The second-order valence-electron chi connectivity index (χ2n) is 9.39. The highest BCUT2D eigenvalue weighted by Gasteiger charge is 2.35. The van der Waals surface area contributed by atoms with E-state index in [-0.39, 0.29) is 30.6 Å². The first-order valence-electron chi connectivity index (χ1n) is 12.0. The molecule has 2 aliphatic heterocycles. The fraction of sp³-hybridized carbons (Fsp3) is 0.333. The van der Waals surface area contributed by atoms with Crippen LogP contribution in [0.2, 0.25) is 0 Å². The number of amides is 2. The van der Waals surface area contributed by atoms with Crippen LogP contribution < -0.4 is 15.1 Å². The van der Waals surface area contributed by atoms with Crippen molar-refractivity contribution in [2.24, 2.45) is 11.8 Å². The van der Waals surface area contributed by atoms with Crippen LogP contribution in [0.1, 0.15) is 26.2 Å². The summed E-state index contributed by atoms with van der Waals surface area (Å²) in [5, 5.41) is 11.7. The van der Waals surface area contributed by atoms with Gasteiger partial charge in [-0.3, -0.25) is 9.59 Å². The number of hydrogen-bond donors (Lipinski definition) is 1. The number of nitrogens with one attached hydrogen (secondary N) is 1. The van der Waals surface area contributed by atoms with Crippen molar-refractivity contribution in [1.82, 2.24) is 10.2 Å². The Balaban J connectivity index is 1.19. The standard InChI is InChI=1S/C27H28FN5O2/c1-18-12-14-32(15-13-18)25-11-10-24(30-31-25)19-2-6-22(7-3-19)29-27(35)20-16-26(34)33(17-20)23-8-4-21(28)5-9-23/h2-11,18,20H,12-17H2,1H3,(H,29,35). The van der Waals surface area contributed by atoms with Gasteiger partial charge in [-0.1, -0.05) is 19.1 Å². The van der Waals surface area contributed by atoms with Crippen molar-refractivity contribution >= 4 is 29.0 Å². The van der Waals surface area contributed by atoms with Gasteiger partial charge in [-0.15, -0.1) is 10.2 Å². The van der Waals surface area contributed by atoms with Crippen LogP contribution in [-0.4, -0.2) is 41.6 Å². The van der Waals surface area contributed by atoms with Gasteiger partial charge in [0.2, 0.25) is 11.8 Å². The molecule has 1 atom stereocenters. The molecule has 7 nitrogen and oxygen atoms in total. The number of nitrogens with zero attached hydrogens (tertiary/aromatic N) is 4. The minimum absolute atomic E-state index is 0.124. The quantitative estimate of drug-likeness (QED) is 0.590. The Kier molecular flexibility index (Phi) is 6.44. The summed E-state index contributed by atoms with van der Waals surface area (Å²) >= 11 is 0. The molecule has 5 rings (SSSR count). The third-order valence-corrected chi connectivity index (χ3v) is 6.84. The minimum Gasteiger partial charge on any atom is -0.355 e. The molecule has 0 saturated carbocycles. The predicted molar refractivity (Wildman–Crippen MR) is 134 cm³/mol. The van der Waals surface area contributed by atoms with Crippen LogP contribution in [0.5, 0.6) is 0 Å². The summed E-state index contributed by atoms with van der Waals surface area (Å²) in [5.74, 6) is 0.481. The van der Waals surface area contributed by atoms with E-state index in [9.17, 15) is 14.0 Å². The van der Waals surface area contributed by atoms with Crippen LogP contribution in [-0.2, 0) is 9.59 Å². The number of piperidine rings is 1. The van der Waals surface area contributed by atoms with Crippen molar-refractivity contribution in [3.63, 3.8) is 0 Å². The molecule has 8 heteroatoms. The largest absolute Gasteiger partial charge is 0.355 e. The van der Waals surface area contributed by atoms with Gasteiger partial charge in [0, 0.05) is 43.0 Å². The molecule has 2 amide bonds. The van der Waals surface area contributed by atoms with Crippen LogP contribution in [0.4, 0.5) is 21.6 Å². The smallest absolute Gasteiger partial charge is 0.229 e. The summed E-state index contributed by atoms with van der Waals surface area (Å²) < 4.78 is 13.2. The molecule has 2 saturated heterocycles. The summed E-state index contributed by atoms with van der Waals surface area (Å²) in [6.07, 6.45) is 2.48. The normalized spacial score (nSPS) is 18.7. The number of anilines is 3. The Labute approximate surface area is 204 Å². The lowest BCUT2D eigenvalue weighted by Crippen LogP contribution is -2.33. The van der Waals surface area contributed by atoms with Gasteiger partial charge < -0.3 is 15.1 Å². The molecule has 2 aromatic carbocycles. The highest BCUT2D eigenvalue weighted by Crippen LogP contribution is 2.27. The van der Waals surface area contributed by atoms with E-state index in [4.69, 9.17) is 0 Å². The lowest BCUT2D eigenvalue weighted by atomic mass is 9.99. The first-order valence-corrected chi connectivity index (χ1v) is 12.0. The topological polar surface area (TPSA) is 78.4 Å². The molecule has 0 radical (unpaired) electrons. The molecule has 0 spiro atoms. The summed E-state index contributed by atoms with van der Waals surface area (Å²) in [7, 11) is 0. The number of hydrogen-bond acceptors (Lipinski definition) is 5. The number of benzene rings is 2. The molecular formula is C27H28FN5O2. The van der Waals surface area contributed by atoms with Gasteiger partial charge >= 0.3 is 0 Å². The van der Waals surface area contributed by atoms with Crippen LogP contribution in [0.15, 0.2) is 60.7 Å². The number of halogens is 1. The van der Waals surface area contributed by atoms with Crippen LogP contribution >= 0.6 is 0 Å². The zero-order valence-corrected chi connectivity index (χ0v) is 19.7. The zero-order valence-electron chi connectivity index (χ0n) is 19.7. The van der Waals surface area contributed by atoms with E-state index in [1.807, 2.05) is 36.4 Å². The minimum atomic E-state index is -0.469. The number of carbonyl (C=O) groups is 2. The van der Waals surface area contributed by atoms with E-state index in [2.05, 4.69) is 27.3 Å². The zero-order chi connectivity index (χ0) is 24.4. The van der Waals surface area contributed by atoms with Crippen molar-refractivity contribution < 1.29 is 14.0 Å².